The summed E-state index contributed by atoms with van der Waals surface area (Å²) >= 11 is 6.71. The number of anilines is 1. The Kier molecular flexibility index (Phi) is 6.26. The lowest BCUT2D eigenvalue weighted by Crippen LogP contribution is -2.55. The number of amides is 1. The maximum atomic E-state index is 14.5. The summed E-state index contributed by atoms with van der Waals surface area (Å²) in [6.45, 7) is 7.01. The molecule has 1 amide bonds. The van der Waals surface area contributed by atoms with E-state index in [1.807, 2.05) is 26.0 Å². The highest BCUT2D eigenvalue weighted by atomic mass is 35.5. The second-order valence-corrected chi connectivity index (χ2v) is 11.9. The molecule has 194 valence electrons. The van der Waals surface area contributed by atoms with Crippen LogP contribution in [-0.2, 0) is 14.3 Å². The summed E-state index contributed by atoms with van der Waals surface area (Å²) in [6, 6.07) is 6.07. The Labute approximate surface area is 216 Å². The number of aromatic nitrogens is 1. The summed E-state index contributed by atoms with van der Waals surface area (Å²) in [4.78, 5) is 19.6. The smallest absolute Gasteiger partial charge is 0.229 e. The lowest BCUT2D eigenvalue weighted by atomic mass is 9.77. The van der Waals surface area contributed by atoms with E-state index in [0.29, 0.717) is 24.4 Å². The number of halogens is 2. The molecule has 8 heteroatoms. The van der Waals surface area contributed by atoms with Crippen molar-refractivity contribution >= 4 is 34.1 Å². The second kappa shape index (κ2) is 9.19. The number of likely N-dealkylation sites (tertiary alicyclic amines) is 1. The van der Waals surface area contributed by atoms with Crippen molar-refractivity contribution in [3.8, 4) is 0 Å². The molecule has 1 aromatic heterocycles. The number of hydrogen-bond acceptors (Lipinski definition) is 5. The SMILES string of the molecule is CCOC1CC2(C1)CC2C(=O)Nc1cc2cc(C3CCN(C4(C)COCC4F)CC3)c(Cl)cc2cn1. The Morgan fingerprint density at radius 2 is 2.03 bits per heavy atom. The molecule has 36 heavy (non-hydrogen) atoms. The van der Waals surface area contributed by atoms with Crippen LogP contribution in [0.25, 0.3) is 10.8 Å². The molecule has 3 unspecified atom stereocenters. The van der Waals surface area contributed by atoms with Gasteiger partial charge < -0.3 is 14.8 Å². The summed E-state index contributed by atoms with van der Waals surface area (Å²) in [5.41, 5.74) is 0.746. The molecule has 3 heterocycles. The molecule has 2 aliphatic carbocycles. The van der Waals surface area contributed by atoms with E-state index < -0.39 is 11.7 Å². The van der Waals surface area contributed by atoms with Gasteiger partial charge in [0.15, 0.2) is 0 Å². The predicted octanol–water partition coefficient (Wildman–Crippen LogP) is 5.34. The molecule has 2 aromatic rings. The van der Waals surface area contributed by atoms with Crippen LogP contribution in [0.15, 0.2) is 24.4 Å². The van der Waals surface area contributed by atoms with Crippen molar-refractivity contribution < 1.29 is 18.7 Å². The Hall–Kier alpha value is -1.80. The first-order valence-corrected chi connectivity index (χ1v) is 13.7. The van der Waals surface area contributed by atoms with Gasteiger partial charge in [-0.1, -0.05) is 11.6 Å². The summed E-state index contributed by atoms with van der Waals surface area (Å²) in [5.74, 6) is 1.03. The number of nitrogens with zero attached hydrogens (tertiary/aromatic N) is 2. The third-order valence-electron chi connectivity index (χ3n) is 9.26. The van der Waals surface area contributed by atoms with Crippen LogP contribution in [0.1, 0.15) is 57.4 Å². The molecule has 6 rings (SSSR count). The van der Waals surface area contributed by atoms with E-state index in [0.717, 1.165) is 73.2 Å². The predicted molar refractivity (Wildman–Crippen MR) is 138 cm³/mol. The maximum Gasteiger partial charge on any atom is 0.229 e. The van der Waals surface area contributed by atoms with Crippen LogP contribution < -0.4 is 5.32 Å². The van der Waals surface area contributed by atoms with Gasteiger partial charge in [-0.3, -0.25) is 9.69 Å². The van der Waals surface area contributed by atoms with Gasteiger partial charge in [0.2, 0.25) is 5.91 Å². The topological polar surface area (TPSA) is 63.7 Å². The largest absolute Gasteiger partial charge is 0.378 e. The van der Waals surface area contributed by atoms with E-state index in [9.17, 15) is 9.18 Å². The minimum atomic E-state index is -0.944. The highest BCUT2D eigenvalue weighted by Gasteiger charge is 2.64. The molecule has 0 bridgehead atoms. The Morgan fingerprint density at radius 3 is 2.72 bits per heavy atom. The summed E-state index contributed by atoms with van der Waals surface area (Å²) in [6.07, 6.45) is 5.93. The van der Waals surface area contributed by atoms with Gasteiger partial charge in [0, 0.05) is 29.1 Å². The number of ether oxygens (including phenoxy) is 2. The minimum absolute atomic E-state index is 0.0636. The van der Waals surface area contributed by atoms with E-state index in [1.165, 1.54) is 0 Å². The van der Waals surface area contributed by atoms with Gasteiger partial charge in [-0.25, -0.2) is 9.37 Å². The molecule has 2 saturated carbocycles. The molecule has 1 spiro atoms. The van der Waals surface area contributed by atoms with Gasteiger partial charge in [0.1, 0.15) is 12.0 Å². The van der Waals surface area contributed by atoms with Crippen molar-refractivity contribution in [3.05, 3.63) is 35.0 Å². The first-order chi connectivity index (χ1) is 17.3. The lowest BCUT2D eigenvalue weighted by Gasteiger charge is -2.43. The van der Waals surface area contributed by atoms with Crippen LogP contribution in [0.4, 0.5) is 10.2 Å². The maximum absolute atomic E-state index is 14.5. The van der Waals surface area contributed by atoms with Crippen LogP contribution in [0.2, 0.25) is 5.02 Å². The quantitative estimate of drug-likeness (QED) is 0.562. The van der Waals surface area contributed by atoms with Crippen LogP contribution in [0.5, 0.6) is 0 Å². The van der Waals surface area contributed by atoms with Crippen molar-refractivity contribution in [2.24, 2.45) is 11.3 Å². The fourth-order valence-electron chi connectivity index (χ4n) is 6.78. The zero-order valence-corrected chi connectivity index (χ0v) is 21.8. The number of rotatable bonds is 6. The Morgan fingerprint density at radius 1 is 1.25 bits per heavy atom. The number of nitrogens with one attached hydrogen (secondary N) is 1. The second-order valence-electron chi connectivity index (χ2n) is 11.5. The van der Waals surface area contributed by atoms with Crippen LogP contribution in [0, 0.1) is 11.3 Å². The molecule has 1 N–H and O–H groups in total. The van der Waals surface area contributed by atoms with Crippen LogP contribution in [-0.4, -0.2) is 66.5 Å². The lowest BCUT2D eigenvalue weighted by molar-refractivity contribution is -0.120. The van der Waals surface area contributed by atoms with Crippen molar-refractivity contribution in [1.82, 2.24) is 9.88 Å². The van der Waals surface area contributed by atoms with Crippen LogP contribution in [0.3, 0.4) is 0 Å². The van der Waals surface area contributed by atoms with Gasteiger partial charge in [-0.2, -0.15) is 0 Å². The van der Waals surface area contributed by atoms with Crippen molar-refractivity contribution in [2.75, 3.05) is 38.2 Å². The normalized spacial score (nSPS) is 34.7. The Bertz CT molecular complexity index is 1160. The highest BCUT2D eigenvalue weighted by Crippen LogP contribution is 2.66. The van der Waals surface area contributed by atoms with Crippen molar-refractivity contribution in [1.29, 1.82) is 0 Å². The fourth-order valence-corrected chi connectivity index (χ4v) is 7.10. The number of carbonyl (C=O) groups is 1. The van der Waals surface area contributed by atoms with E-state index in [-0.39, 0.29) is 23.8 Å². The molecular formula is C28H35ClFN3O3. The van der Waals surface area contributed by atoms with Crippen molar-refractivity contribution in [3.63, 3.8) is 0 Å². The molecule has 4 fully saturated rings. The van der Waals surface area contributed by atoms with Gasteiger partial charge in [0.25, 0.3) is 0 Å². The molecule has 2 saturated heterocycles. The molecular weight excluding hydrogens is 481 g/mol. The first-order valence-electron chi connectivity index (χ1n) is 13.3. The average molecular weight is 516 g/mol. The van der Waals surface area contributed by atoms with Gasteiger partial charge in [0.05, 0.1) is 24.9 Å². The molecule has 0 radical (unpaired) electrons. The average Bonchev–Trinajstić information content (AvgIpc) is 3.50. The van der Waals surface area contributed by atoms with Gasteiger partial charge in [-0.05, 0) is 99.5 Å². The fraction of sp³-hybridized carbons (Fsp3) is 0.643. The summed E-state index contributed by atoms with van der Waals surface area (Å²) in [5, 5.41) is 5.77. The minimum Gasteiger partial charge on any atom is -0.378 e. The molecule has 3 atom stereocenters. The van der Waals surface area contributed by atoms with Crippen molar-refractivity contribution in [2.45, 2.75) is 69.7 Å². The number of piperidine rings is 1. The number of benzene rings is 1. The molecule has 1 aromatic carbocycles. The third-order valence-corrected chi connectivity index (χ3v) is 9.58. The van der Waals surface area contributed by atoms with E-state index in [1.54, 1.807) is 6.20 Å². The van der Waals surface area contributed by atoms with E-state index >= 15 is 0 Å². The molecule has 6 nitrogen and oxygen atoms in total. The van der Waals surface area contributed by atoms with E-state index in [4.69, 9.17) is 21.1 Å². The van der Waals surface area contributed by atoms with E-state index in [2.05, 4.69) is 21.3 Å². The summed E-state index contributed by atoms with van der Waals surface area (Å²) < 4.78 is 25.6. The first kappa shape index (κ1) is 24.5. The Balaban J connectivity index is 1.12. The molecule has 4 aliphatic rings. The van der Waals surface area contributed by atoms with Gasteiger partial charge in [-0.15, -0.1) is 0 Å². The number of carbonyl (C=O) groups excluding carboxylic acids is 1. The standard InChI is InChI=1S/C28H35ClFN3O3/c1-3-36-20-11-28(12-20)13-22(28)26(34)32-25-10-18-8-21(23(29)9-19(18)14-31-25)17-4-6-33(7-5-17)27(2)16-35-15-24(27)30/h8-10,14,17,20,22,24H,3-7,11-13,15-16H2,1-2H3,(H,31,32,34). The third kappa shape index (κ3) is 4.22. The number of alkyl halides is 1. The van der Waals surface area contributed by atoms with Gasteiger partial charge >= 0.3 is 0 Å². The number of hydrogen-bond donors (Lipinski definition) is 1. The zero-order valence-electron chi connectivity index (χ0n) is 21.1. The zero-order chi connectivity index (χ0) is 25.1. The summed E-state index contributed by atoms with van der Waals surface area (Å²) in [7, 11) is 0. The number of fused-ring (bicyclic) bond motifs is 1. The number of pyridine rings is 1. The monoisotopic (exact) mass is 515 g/mol. The highest BCUT2D eigenvalue weighted by molar-refractivity contribution is 6.32. The molecule has 2 aliphatic heterocycles. The van der Waals surface area contributed by atoms with Crippen LogP contribution >= 0.6 is 11.6 Å².